The monoisotopic (exact) mass is 298 g/mol. The molecule has 1 amide bonds. The van der Waals surface area contributed by atoms with Gasteiger partial charge >= 0.3 is 11.9 Å². The van der Waals surface area contributed by atoms with Gasteiger partial charge in [-0.3, -0.25) is 9.00 Å². The van der Waals surface area contributed by atoms with Gasteiger partial charge in [0, 0.05) is 17.1 Å². The van der Waals surface area contributed by atoms with E-state index in [0.717, 1.165) is 0 Å². The first-order valence-electron chi connectivity index (χ1n) is 5.65. The number of ether oxygens (including phenoxy) is 1. The van der Waals surface area contributed by atoms with Gasteiger partial charge in [0.1, 0.15) is 11.2 Å². The molecular weight excluding hydrogens is 284 g/mol. The Bertz CT molecular complexity index is 572. The third kappa shape index (κ3) is 3.43. The number of carbonyl (C=O) groups excluding carboxylic acids is 3. The smallest absolute Gasteiger partial charge is 0.397 e. The van der Waals surface area contributed by atoms with Gasteiger partial charge in [-0.2, -0.15) is 0 Å². The van der Waals surface area contributed by atoms with Crippen LogP contribution in [0.25, 0.3) is 0 Å². The summed E-state index contributed by atoms with van der Waals surface area (Å²) in [6, 6.07) is 0. The van der Waals surface area contributed by atoms with Crippen molar-refractivity contribution in [2.45, 2.75) is 12.2 Å². The average Bonchev–Trinajstić information content (AvgIpc) is 2.40. The van der Waals surface area contributed by atoms with Gasteiger partial charge in [-0.1, -0.05) is 0 Å². The van der Waals surface area contributed by atoms with E-state index in [1.165, 1.54) is 18.4 Å². The second-order valence-electron chi connectivity index (χ2n) is 3.81. The number of carbonyl (C=O) groups is 2. The molecule has 3 N–H and O–H groups in total. The zero-order chi connectivity index (χ0) is 15.3. The van der Waals surface area contributed by atoms with E-state index in [9.17, 15) is 18.6 Å². The second-order valence-corrected chi connectivity index (χ2v) is 5.28. The molecule has 108 valence electrons. The fraction of sp³-hybridized carbons (Fsp3) is 0.333. The van der Waals surface area contributed by atoms with Gasteiger partial charge in [0.15, 0.2) is 0 Å². The maximum Gasteiger partial charge on any atom is 0.397 e. The minimum absolute atomic E-state index is 0.0318. The van der Waals surface area contributed by atoms with Gasteiger partial charge < -0.3 is 15.8 Å². The molecule has 0 aliphatic heterocycles. The Morgan fingerprint density at radius 3 is 2.65 bits per heavy atom. The fourth-order valence-electron chi connectivity index (χ4n) is 1.59. The summed E-state index contributed by atoms with van der Waals surface area (Å²) in [5.74, 6) is -0.390. The van der Waals surface area contributed by atoms with Gasteiger partial charge in [0.05, 0.1) is 23.6 Å². The predicted molar refractivity (Wildman–Crippen MR) is 72.2 cm³/mol. The van der Waals surface area contributed by atoms with E-state index in [4.69, 9.17) is 5.73 Å². The van der Waals surface area contributed by atoms with E-state index < -0.39 is 27.9 Å². The minimum atomic E-state index is -1.46. The van der Waals surface area contributed by atoms with Crippen molar-refractivity contribution >= 4 is 28.6 Å². The number of nitrogens with two attached hydrogens (primary N) is 1. The molecule has 2 unspecified atom stereocenters. The molecule has 1 rings (SSSR count). The summed E-state index contributed by atoms with van der Waals surface area (Å²) in [5.41, 5.74) is 6.05. The SMILES string of the molecule is CCOC(=O)C(=O)NC1=C(N)C(S(C)=O)C(=C=O)C=C1. The van der Waals surface area contributed by atoms with Crippen LogP contribution in [-0.2, 0) is 29.9 Å². The van der Waals surface area contributed by atoms with E-state index in [1.54, 1.807) is 12.9 Å². The molecule has 1 aliphatic rings. The van der Waals surface area contributed by atoms with Crippen LogP contribution in [0.2, 0.25) is 0 Å². The van der Waals surface area contributed by atoms with Crippen LogP contribution in [0, 0.1) is 0 Å². The molecule has 0 fully saturated rings. The van der Waals surface area contributed by atoms with Gasteiger partial charge in [-0.25, -0.2) is 9.59 Å². The molecule has 2 atom stereocenters. The Labute approximate surface area is 118 Å². The van der Waals surface area contributed by atoms with Crippen molar-refractivity contribution in [3.8, 4) is 0 Å². The van der Waals surface area contributed by atoms with Gasteiger partial charge in [0.25, 0.3) is 0 Å². The highest BCUT2D eigenvalue weighted by molar-refractivity contribution is 7.85. The summed E-state index contributed by atoms with van der Waals surface area (Å²) in [6.07, 6.45) is 4.06. The van der Waals surface area contributed by atoms with Crippen molar-refractivity contribution < 1.29 is 23.3 Å². The summed E-state index contributed by atoms with van der Waals surface area (Å²) >= 11 is 0. The summed E-state index contributed by atoms with van der Waals surface area (Å²) in [7, 11) is -1.46. The normalized spacial score (nSPS) is 19.3. The highest BCUT2D eigenvalue weighted by Gasteiger charge is 2.28. The lowest BCUT2D eigenvalue weighted by atomic mass is 10.0. The Kier molecular flexibility index (Phi) is 5.42. The third-order valence-electron chi connectivity index (χ3n) is 2.46. The van der Waals surface area contributed by atoms with Crippen LogP contribution >= 0.6 is 0 Å². The molecule has 0 radical (unpaired) electrons. The topological polar surface area (TPSA) is 116 Å². The molecule has 7 nitrogen and oxygen atoms in total. The highest BCUT2D eigenvalue weighted by Crippen LogP contribution is 2.21. The first kappa shape index (κ1) is 15.9. The fourth-order valence-corrected chi connectivity index (χ4v) is 2.56. The molecule has 0 aromatic carbocycles. The molecule has 0 saturated heterocycles. The molecule has 20 heavy (non-hydrogen) atoms. The van der Waals surface area contributed by atoms with Crippen molar-refractivity contribution in [2.24, 2.45) is 5.73 Å². The molecule has 0 saturated carbocycles. The van der Waals surface area contributed by atoms with Crippen LogP contribution in [-0.4, -0.2) is 40.1 Å². The Morgan fingerprint density at radius 1 is 1.50 bits per heavy atom. The zero-order valence-corrected chi connectivity index (χ0v) is 11.8. The highest BCUT2D eigenvalue weighted by atomic mass is 32.2. The van der Waals surface area contributed by atoms with E-state index in [1.807, 2.05) is 0 Å². The molecule has 0 bridgehead atoms. The lowest BCUT2D eigenvalue weighted by Crippen LogP contribution is -2.37. The van der Waals surface area contributed by atoms with E-state index in [-0.39, 0.29) is 23.6 Å². The first-order valence-corrected chi connectivity index (χ1v) is 7.27. The van der Waals surface area contributed by atoms with Crippen molar-refractivity contribution in [3.05, 3.63) is 29.1 Å². The lowest BCUT2D eigenvalue weighted by Gasteiger charge is -2.21. The first-order chi connectivity index (χ1) is 9.42. The number of amides is 1. The second kappa shape index (κ2) is 6.83. The van der Waals surface area contributed by atoms with Crippen molar-refractivity contribution in [3.63, 3.8) is 0 Å². The van der Waals surface area contributed by atoms with Crippen LogP contribution in [0.4, 0.5) is 0 Å². The molecule has 1 aliphatic carbocycles. The lowest BCUT2D eigenvalue weighted by molar-refractivity contribution is -0.154. The number of hydrogen-bond acceptors (Lipinski definition) is 6. The third-order valence-corrected chi connectivity index (χ3v) is 3.64. The van der Waals surface area contributed by atoms with Crippen LogP contribution in [0.5, 0.6) is 0 Å². The number of nitrogens with one attached hydrogen (secondary N) is 1. The number of rotatable bonds is 3. The number of esters is 1. The summed E-state index contributed by atoms with van der Waals surface area (Å²) in [5, 5.41) is 1.39. The van der Waals surface area contributed by atoms with Crippen molar-refractivity contribution in [1.29, 1.82) is 0 Å². The van der Waals surface area contributed by atoms with Crippen LogP contribution < -0.4 is 11.1 Å². The van der Waals surface area contributed by atoms with E-state index in [2.05, 4.69) is 10.1 Å². The number of allylic oxidation sites excluding steroid dienone is 2. The van der Waals surface area contributed by atoms with Crippen LogP contribution in [0.3, 0.4) is 0 Å². The quantitative estimate of drug-likeness (QED) is 0.388. The van der Waals surface area contributed by atoms with E-state index in [0.29, 0.717) is 0 Å². The van der Waals surface area contributed by atoms with Gasteiger partial charge in [0.2, 0.25) is 0 Å². The minimum Gasteiger partial charge on any atom is -0.459 e. The Hall–Kier alpha value is -2.18. The summed E-state index contributed by atoms with van der Waals surface area (Å²) in [6.45, 7) is 1.63. The maximum absolute atomic E-state index is 11.6. The number of hydrogen-bond donors (Lipinski definition) is 2. The van der Waals surface area contributed by atoms with Crippen molar-refractivity contribution in [1.82, 2.24) is 5.32 Å². The predicted octanol–water partition coefficient (Wildman–Crippen LogP) is -1.09. The van der Waals surface area contributed by atoms with Crippen LogP contribution in [0.1, 0.15) is 6.92 Å². The standard InChI is InChI=1S/C12H14N2O5S/c1-3-19-12(17)11(16)14-8-5-4-7(6-15)10(9(8)13)20(2)18/h4-5,10H,3,13H2,1-2H3,(H,14,16). The Morgan fingerprint density at radius 2 is 2.15 bits per heavy atom. The molecular formula is C12H14N2O5S. The maximum atomic E-state index is 11.6. The average molecular weight is 298 g/mol. The molecule has 0 aromatic heterocycles. The summed E-state index contributed by atoms with van der Waals surface area (Å²) < 4.78 is 16.1. The van der Waals surface area contributed by atoms with E-state index >= 15 is 0 Å². The molecule has 0 heterocycles. The van der Waals surface area contributed by atoms with Gasteiger partial charge in [-0.15, -0.1) is 0 Å². The van der Waals surface area contributed by atoms with Crippen molar-refractivity contribution in [2.75, 3.05) is 12.9 Å². The van der Waals surface area contributed by atoms with Gasteiger partial charge in [-0.05, 0) is 19.1 Å². The summed E-state index contributed by atoms with van der Waals surface area (Å²) in [4.78, 5) is 33.5. The molecule has 0 aromatic rings. The zero-order valence-electron chi connectivity index (χ0n) is 11.0. The molecule has 0 spiro atoms. The Balaban J connectivity index is 3.01. The molecule has 8 heteroatoms. The largest absolute Gasteiger partial charge is 0.459 e. The van der Waals surface area contributed by atoms with Crippen LogP contribution in [0.15, 0.2) is 29.1 Å².